The number of ether oxygens (including phenoxy) is 1. The van der Waals surface area contributed by atoms with E-state index in [9.17, 15) is 5.11 Å². The van der Waals surface area contributed by atoms with E-state index >= 15 is 0 Å². The van der Waals surface area contributed by atoms with Crippen molar-refractivity contribution < 1.29 is 14.3 Å². The van der Waals surface area contributed by atoms with Crippen LogP contribution >= 0.6 is 0 Å². The van der Waals surface area contributed by atoms with Crippen molar-refractivity contribution in [1.29, 1.82) is 0 Å². The molecule has 1 fully saturated rings. The Balaban J connectivity index is 2.28. The molecule has 0 amide bonds. The Morgan fingerprint density at radius 3 is 2.72 bits per heavy atom. The van der Waals surface area contributed by atoms with Crippen molar-refractivity contribution in [3.8, 4) is 0 Å². The fourth-order valence-corrected chi connectivity index (χ4v) is 1.84. The first-order chi connectivity index (χ1) is 8.73. The van der Waals surface area contributed by atoms with Crippen LogP contribution < -0.4 is 0 Å². The summed E-state index contributed by atoms with van der Waals surface area (Å²) in [7, 11) is 0. The molecule has 1 N–H and O–H groups in total. The summed E-state index contributed by atoms with van der Waals surface area (Å²) in [4.78, 5) is 5.33. The van der Waals surface area contributed by atoms with Gasteiger partial charge in [0.05, 0.1) is 36.7 Å². The lowest BCUT2D eigenvalue weighted by molar-refractivity contribution is -0.167. The number of hydrogen-bond acceptors (Lipinski definition) is 5. The van der Waals surface area contributed by atoms with Crippen molar-refractivity contribution in [1.82, 2.24) is 0 Å². The number of hydrogen-bond donors (Lipinski definition) is 1. The van der Waals surface area contributed by atoms with Gasteiger partial charge >= 0.3 is 0 Å². The van der Waals surface area contributed by atoms with E-state index in [0.717, 1.165) is 0 Å². The van der Waals surface area contributed by atoms with Crippen molar-refractivity contribution in [3.63, 3.8) is 0 Å². The molecule has 0 radical (unpaired) electrons. The molecule has 1 atom stereocenters. The molecule has 9 heteroatoms. The summed E-state index contributed by atoms with van der Waals surface area (Å²) >= 11 is 0. The number of nitrogens with zero attached hydrogens (tertiary/aromatic N) is 6. The Morgan fingerprint density at radius 2 is 2.17 bits per heavy atom. The molecule has 1 aromatic rings. The van der Waals surface area contributed by atoms with Crippen LogP contribution in [0.4, 0.5) is 5.69 Å². The van der Waals surface area contributed by atoms with Crippen molar-refractivity contribution in [2.45, 2.75) is 6.10 Å². The van der Waals surface area contributed by atoms with Crippen LogP contribution in [0.15, 0.2) is 27.2 Å². The van der Waals surface area contributed by atoms with E-state index in [1.54, 1.807) is 0 Å². The van der Waals surface area contributed by atoms with Gasteiger partial charge < -0.3 is 14.3 Å². The summed E-state index contributed by atoms with van der Waals surface area (Å²) in [5.74, 6) is 0. The monoisotopic (exact) mass is 250 g/mol. The zero-order valence-electron chi connectivity index (χ0n) is 9.30. The van der Waals surface area contributed by atoms with E-state index in [0.29, 0.717) is 5.56 Å². The van der Waals surface area contributed by atoms with Crippen LogP contribution in [0.3, 0.4) is 0 Å². The Kier molecular flexibility index (Phi) is 3.40. The largest absolute Gasteiger partial charge is 0.472 e. The zero-order valence-corrected chi connectivity index (χ0v) is 9.30. The molecule has 94 valence electrons. The highest BCUT2D eigenvalue weighted by Gasteiger charge is 2.46. The number of rotatable bonds is 5. The lowest BCUT2D eigenvalue weighted by atomic mass is 9.77. The van der Waals surface area contributed by atoms with Crippen molar-refractivity contribution in [2.75, 3.05) is 19.8 Å². The van der Waals surface area contributed by atoms with Crippen LogP contribution in [0, 0.1) is 5.41 Å². The van der Waals surface area contributed by atoms with E-state index in [1.165, 1.54) is 12.5 Å². The average molecular weight is 250 g/mol. The van der Waals surface area contributed by atoms with Gasteiger partial charge in [-0.1, -0.05) is 10.2 Å². The van der Waals surface area contributed by atoms with Gasteiger partial charge in [0.1, 0.15) is 6.26 Å². The maximum absolute atomic E-state index is 10.3. The molecule has 9 nitrogen and oxygen atoms in total. The van der Waals surface area contributed by atoms with E-state index in [4.69, 9.17) is 20.2 Å². The first kappa shape index (κ1) is 12.3. The van der Waals surface area contributed by atoms with Crippen LogP contribution in [0.25, 0.3) is 20.9 Å². The Morgan fingerprint density at radius 1 is 1.39 bits per heavy atom. The Hall–Kier alpha value is -2.18. The van der Waals surface area contributed by atoms with Gasteiger partial charge in [-0.05, 0) is 11.1 Å². The average Bonchev–Trinajstić information content (AvgIpc) is 2.76. The molecule has 1 unspecified atom stereocenters. The second kappa shape index (κ2) is 4.99. The van der Waals surface area contributed by atoms with Crippen LogP contribution in [0.1, 0.15) is 11.7 Å². The third kappa shape index (κ3) is 1.99. The van der Waals surface area contributed by atoms with Crippen LogP contribution in [-0.2, 0) is 4.74 Å². The minimum Gasteiger partial charge on any atom is -0.472 e. The minimum absolute atomic E-state index is 0.103. The highest BCUT2D eigenvalue weighted by atomic mass is 16.5. The number of furan rings is 1. The fourth-order valence-electron chi connectivity index (χ4n) is 1.84. The number of aliphatic hydroxyl groups excluding tert-OH is 1. The summed E-state index contributed by atoms with van der Waals surface area (Å²) < 4.78 is 10.00. The predicted octanol–water partition coefficient (Wildman–Crippen LogP) is 2.58. The molecule has 18 heavy (non-hydrogen) atoms. The van der Waals surface area contributed by atoms with Gasteiger partial charge in [0.2, 0.25) is 0 Å². The lowest BCUT2D eigenvalue weighted by Crippen LogP contribution is -2.49. The van der Waals surface area contributed by atoms with Crippen molar-refractivity contribution in [2.24, 2.45) is 15.6 Å². The molecule has 0 aliphatic carbocycles. The topological polar surface area (TPSA) is 140 Å². The predicted molar refractivity (Wildman–Crippen MR) is 59.7 cm³/mol. The molecule has 1 aliphatic rings. The van der Waals surface area contributed by atoms with Crippen LogP contribution in [0.2, 0.25) is 0 Å². The van der Waals surface area contributed by atoms with Gasteiger partial charge in [-0.25, -0.2) is 0 Å². The van der Waals surface area contributed by atoms with E-state index < -0.39 is 11.5 Å². The van der Waals surface area contributed by atoms with E-state index in [-0.39, 0.29) is 25.4 Å². The molecule has 0 spiro atoms. The summed E-state index contributed by atoms with van der Waals surface area (Å²) in [6.45, 7) is 0.647. The SMILES string of the molecule is [N-]=[N+]=NCC1(C(O)c2cocc2N=[N+]=[N-])COC1. The highest BCUT2D eigenvalue weighted by Crippen LogP contribution is 2.44. The maximum atomic E-state index is 10.3. The maximum Gasteiger partial charge on any atom is 0.100 e. The third-order valence-electron chi connectivity index (χ3n) is 2.93. The second-order valence-corrected chi connectivity index (χ2v) is 4.05. The van der Waals surface area contributed by atoms with Crippen LogP contribution in [-0.4, -0.2) is 24.9 Å². The summed E-state index contributed by atoms with van der Waals surface area (Å²) in [5, 5.41) is 17.2. The first-order valence-corrected chi connectivity index (χ1v) is 5.11. The minimum atomic E-state index is -0.976. The van der Waals surface area contributed by atoms with Gasteiger partial charge in [0.15, 0.2) is 0 Å². The smallest absolute Gasteiger partial charge is 0.100 e. The second-order valence-electron chi connectivity index (χ2n) is 4.05. The van der Waals surface area contributed by atoms with Crippen molar-refractivity contribution >= 4 is 5.69 Å². The number of azide groups is 2. The van der Waals surface area contributed by atoms with Crippen molar-refractivity contribution in [3.05, 3.63) is 39.0 Å². The molecular weight excluding hydrogens is 240 g/mol. The molecule has 1 saturated heterocycles. The molecule has 1 aliphatic heterocycles. The zero-order chi connectivity index (χ0) is 13.0. The van der Waals surface area contributed by atoms with Crippen LogP contribution in [0.5, 0.6) is 0 Å². The van der Waals surface area contributed by atoms with Gasteiger partial charge in [-0.2, -0.15) is 0 Å². The first-order valence-electron chi connectivity index (χ1n) is 5.11. The summed E-state index contributed by atoms with van der Waals surface area (Å²) in [6.07, 6.45) is 1.58. The van der Waals surface area contributed by atoms with E-state index in [1.807, 2.05) is 0 Å². The molecule has 0 saturated carbocycles. The van der Waals surface area contributed by atoms with Gasteiger partial charge in [-0.15, -0.1) is 0 Å². The molecule has 1 aromatic heterocycles. The van der Waals surface area contributed by atoms with Gasteiger partial charge in [0, 0.05) is 21.9 Å². The fraction of sp³-hybridized carbons (Fsp3) is 0.556. The molecule has 2 heterocycles. The summed E-state index contributed by atoms with van der Waals surface area (Å²) in [5.41, 5.74) is 16.7. The highest BCUT2D eigenvalue weighted by molar-refractivity contribution is 5.44. The molecule has 2 rings (SSSR count). The van der Waals surface area contributed by atoms with Gasteiger partial charge in [0.25, 0.3) is 0 Å². The molecular formula is C9H10N6O3. The molecule has 0 bridgehead atoms. The Labute approximate surface area is 101 Å². The summed E-state index contributed by atoms with van der Waals surface area (Å²) in [6, 6.07) is 0. The normalized spacial score (nSPS) is 18.1. The Bertz CT molecular complexity index is 524. The van der Waals surface area contributed by atoms with E-state index in [2.05, 4.69) is 20.1 Å². The molecule has 0 aromatic carbocycles. The van der Waals surface area contributed by atoms with Gasteiger partial charge in [-0.3, -0.25) is 0 Å². The quantitative estimate of drug-likeness (QED) is 0.487. The number of aliphatic hydroxyl groups is 1. The lowest BCUT2D eigenvalue weighted by Gasteiger charge is -2.43. The standard InChI is InChI=1S/C9H10N6O3/c10-14-12-3-9(4-18-5-9)8(16)6-1-17-2-7(6)13-15-11/h1-2,8,16H,3-5H2. The third-order valence-corrected chi connectivity index (χ3v) is 2.93.